The largest absolute Gasteiger partial charge is 0.370 e. The Bertz CT molecular complexity index is 825. The lowest BCUT2D eigenvalue weighted by molar-refractivity contribution is -0.135. The molecule has 9 heteroatoms. The normalized spacial score (nSPS) is 21.0. The highest BCUT2D eigenvalue weighted by Crippen LogP contribution is 2.37. The minimum Gasteiger partial charge on any atom is -0.370 e. The van der Waals surface area contributed by atoms with Gasteiger partial charge in [0.15, 0.2) is 6.04 Å². The second-order valence-electron chi connectivity index (χ2n) is 7.82. The summed E-state index contributed by atoms with van der Waals surface area (Å²) in [4.78, 5) is 40.2. The van der Waals surface area contributed by atoms with Gasteiger partial charge in [0, 0.05) is 24.3 Å². The Hall–Kier alpha value is -2.52. The average molecular weight is 404 g/mol. The van der Waals surface area contributed by atoms with Crippen molar-refractivity contribution in [2.45, 2.75) is 50.2 Å². The summed E-state index contributed by atoms with van der Waals surface area (Å²) in [6, 6.07) is 3.39. The van der Waals surface area contributed by atoms with Gasteiger partial charge in [-0.3, -0.25) is 19.3 Å². The van der Waals surface area contributed by atoms with Gasteiger partial charge < -0.3 is 20.7 Å². The highest BCUT2D eigenvalue weighted by Gasteiger charge is 2.45. The molecule has 0 spiro atoms. The molecule has 1 aromatic rings. The highest BCUT2D eigenvalue weighted by atomic mass is 19.1. The number of nitrogens with one attached hydrogen (secondary N) is 1. The van der Waals surface area contributed by atoms with E-state index in [2.05, 4.69) is 5.32 Å². The second kappa shape index (κ2) is 8.08. The van der Waals surface area contributed by atoms with Gasteiger partial charge in [-0.25, -0.2) is 4.39 Å². The van der Waals surface area contributed by atoms with Crippen LogP contribution >= 0.6 is 0 Å². The molecule has 1 aromatic carbocycles. The Labute approximate surface area is 168 Å². The van der Waals surface area contributed by atoms with Crippen molar-refractivity contribution in [1.29, 1.82) is 0 Å². The van der Waals surface area contributed by atoms with Crippen LogP contribution in [-0.2, 0) is 19.1 Å². The zero-order chi connectivity index (χ0) is 20.5. The van der Waals surface area contributed by atoms with Crippen molar-refractivity contribution in [2.75, 3.05) is 30.0 Å². The summed E-state index contributed by atoms with van der Waals surface area (Å²) < 4.78 is 19.7. The Morgan fingerprint density at radius 2 is 1.97 bits per heavy atom. The Morgan fingerprint density at radius 1 is 1.24 bits per heavy atom. The van der Waals surface area contributed by atoms with Crippen molar-refractivity contribution in [3.05, 3.63) is 24.0 Å². The van der Waals surface area contributed by atoms with E-state index in [4.69, 9.17) is 10.5 Å². The maximum Gasteiger partial charge on any atom is 0.253 e. The molecule has 0 radical (unpaired) electrons. The minimum atomic E-state index is -1.12. The number of amides is 3. The predicted molar refractivity (Wildman–Crippen MR) is 104 cm³/mol. The Balaban J connectivity index is 1.50. The lowest BCUT2D eigenvalue weighted by atomic mass is 9.89. The molecule has 3 aliphatic rings. The molecule has 0 aromatic heterocycles. The van der Waals surface area contributed by atoms with Gasteiger partial charge in [-0.05, 0) is 43.9 Å². The van der Waals surface area contributed by atoms with Crippen LogP contribution in [0.25, 0.3) is 0 Å². The van der Waals surface area contributed by atoms with Crippen molar-refractivity contribution < 1.29 is 23.5 Å². The van der Waals surface area contributed by atoms with E-state index < -0.39 is 23.7 Å². The maximum absolute atomic E-state index is 14.7. The molecule has 8 nitrogen and oxygen atoms in total. The fourth-order valence-corrected chi connectivity index (χ4v) is 3.95. The summed E-state index contributed by atoms with van der Waals surface area (Å²) >= 11 is 0. The number of anilines is 2. The quantitative estimate of drug-likeness (QED) is 0.660. The predicted octanol–water partition coefficient (Wildman–Crippen LogP) is 0.998. The Kier molecular flexibility index (Phi) is 5.51. The van der Waals surface area contributed by atoms with E-state index in [1.807, 2.05) is 4.90 Å². The smallest absolute Gasteiger partial charge is 0.253 e. The van der Waals surface area contributed by atoms with Crippen LogP contribution in [0.2, 0.25) is 0 Å². The van der Waals surface area contributed by atoms with Crippen LogP contribution < -0.4 is 16.0 Å². The number of nitrogens with two attached hydrogens (primary N) is 1. The number of rotatable bonds is 7. The van der Waals surface area contributed by atoms with Gasteiger partial charge in [0.05, 0.1) is 12.3 Å². The number of ether oxygens (including phenoxy) is 1. The molecule has 2 saturated carbocycles. The molecule has 3 N–H and O–H groups in total. The first-order chi connectivity index (χ1) is 14.0. The maximum atomic E-state index is 14.7. The van der Waals surface area contributed by atoms with Crippen molar-refractivity contribution in [1.82, 2.24) is 4.90 Å². The molecular weight excluding hydrogens is 379 g/mol. The molecule has 156 valence electrons. The summed E-state index contributed by atoms with van der Waals surface area (Å²) in [7, 11) is 0. The highest BCUT2D eigenvalue weighted by molar-refractivity contribution is 6.09. The van der Waals surface area contributed by atoms with Gasteiger partial charge in [0.25, 0.3) is 11.8 Å². The number of carbonyl (C=O) groups is 3. The fourth-order valence-electron chi connectivity index (χ4n) is 3.95. The van der Waals surface area contributed by atoms with Crippen molar-refractivity contribution in [3.63, 3.8) is 0 Å². The summed E-state index contributed by atoms with van der Waals surface area (Å²) in [6.07, 6.45) is 4.81. The van der Waals surface area contributed by atoms with Crippen LogP contribution in [0.15, 0.2) is 18.2 Å². The third-order valence-electron chi connectivity index (χ3n) is 5.79. The number of halogens is 1. The van der Waals surface area contributed by atoms with Crippen LogP contribution in [0.3, 0.4) is 0 Å². The SMILES string of the molecule is NC(=O)[C@H](C(=O)Nc1ccc(N2CCOCC2=O)cc1F)N(C1CCC1)C1CC1. The third kappa shape index (κ3) is 4.11. The standard InChI is InChI=1S/C20H25FN4O4/c21-15-10-14(24-8-9-29-11-17(24)26)6-7-16(15)23-20(28)18(19(22)27)25(13-4-5-13)12-2-1-3-12/h6-7,10,12-13,18H,1-5,8-9,11H2,(H2,22,27)(H,23,28)/t18-/m1/s1. The van der Waals surface area contributed by atoms with Gasteiger partial charge in [-0.15, -0.1) is 0 Å². The zero-order valence-electron chi connectivity index (χ0n) is 16.1. The van der Waals surface area contributed by atoms with Crippen molar-refractivity contribution >= 4 is 29.1 Å². The van der Waals surface area contributed by atoms with Crippen LogP contribution in [0, 0.1) is 5.82 Å². The molecule has 1 aliphatic heterocycles. The molecule has 1 atom stereocenters. The number of hydrogen-bond acceptors (Lipinski definition) is 5. The van der Waals surface area contributed by atoms with Gasteiger partial charge in [-0.2, -0.15) is 0 Å². The van der Waals surface area contributed by atoms with E-state index in [-0.39, 0.29) is 30.3 Å². The summed E-state index contributed by atoms with van der Waals surface area (Å²) in [5.74, 6) is -2.27. The van der Waals surface area contributed by atoms with E-state index in [1.165, 1.54) is 17.0 Å². The molecule has 3 fully saturated rings. The lowest BCUT2D eigenvalue weighted by Crippen LogP contribution is -2.58. The lowest BCUT2D eigenvalue weighted by Gasteiger charge is -2.40. The molecule has 3 amide bonds. The number of morpholine rings is 1. The monoisotopic (exact) mass is 404 g/mol. The minimum absolute atomic E-state index is 0.0431. The summed E-state index contributed by atoms with van der Waals surface area (Å²) in [5, 5.41) is 2.51. The first-order valence-electron chi connectivity index (χ1n) is 10.0. The van der Waals surface area contributed by atoms with Crippen LogP contribution in [0.4, 0.5) is 15.8 Å². The van der Waals surface area contributed by atoms with Crippen molar-refractivity contribution in [2.24, 2.45) is 5.73 Å². The number of primary amides is 1. The zero-order valence-corrected chi connectivity index (χ0v) is 16.1. The molecule has 0 bridgehead atoms. The third-order valence-corrected chi connectivity index (χ3v) is 5.79. The van der Waals surface area contributed by atoms with Gasteiger partial charge in [-0.1, -0.05) is 6.42 Å². The summed E-state index contributed by atoms with van der Waals surface area (Å²) in [5.41, 5.74) is 5.91. The molecule has 29 heavy (non-hydrogen) atoms. The first-order valence-corrected chi connectivity index (χ1v) is 10.0. The molecule has 2 aliphatic carbocycles. The fraction of sp³-hybridized carbons (Fsp3) is 0.550. The van der Waals surface area contributed by atoms with Crippen molar-refractivity contribution in [3.8, 4) is 0 Å². The van der Waals surface area contributed by atoms with Crippen LogP contribution in [-0.4, -0.2) is 60.5 Å². The molecule has 0 unspecified atom stereocenters. The molecular formula is C20H25FN4O4. The van der Waals surface area contributed by atoms with E-state index in [1.54, 1.807) is 6.07 Å². The molecule has 1 heterocycles. The number of benzene rings is 1. The number of hydrogen-bond donors (Lipinski definition) is 2. The summed E-state index contributed by atoms with van der Waals surface area (Å²) in [6.45, 7) is 0.675. The van der Waals surface area contributed by atoms with Gasteiger partial charge in [0.2, 0.25) is 5.91 Å². The first kappa shape index (κ1) is 19.8. The van der Waals surface area contributed by atoms with Gasteiger partial charge >= 0.3 is 0 Å². The van der Waals surface area contributed by atoms with E-state index in [0.717, 1.165) is 32.1 Å². The number of nitrogens with zero attached hydrogens (tertiary/aromatic N) is 2. The average Bonchev–Trinajstić information content (AvgIpc) is 3.46. The second-order valence-corrected chi connectivity index (χ2v) is 7.82. The number of carbonyl (C=O) groups excluding carboxylic acids is 3. The van der Waals surface area contributed by atoms with E-state index in [9.17, 15) is 18.8 Å². The van der Waals surface area contributed by atoms with Crippen LogP contribution in [0.1, 0.15) is 32.1 Å². The van der Waals surface area contributed by atoms with E-state index in [0.29, 0.717) is 18.8 Å². The topological polar surface area (TPSA) is 105 Å². The van der Waals surface area contributed by atoms with Crippen LogP contribution in [0.5, 0.6) is 0 Å². The molecule has 1 saturated heterocycles. The van der Waals surface area contributed by atoms with E-state index >= 15 is 0 Å². The molecule has 4 rings (SSSR count). The Morgan fingerprint density at radius 3 is 2.52 bits per heavy atom. The van der Waals surface area contributed by atoms with Gasteiger partial charge in [0.1, 0.15) is 12.4 Å².